The van der Waals surface area contributed by atoms with E-state index < -0.39 is 58.0 Å². The lowest BCUT2D eigenvalue weighted by molar-refractivity contribution is -0.148. The van der Waals surface area contributed by atoms with E-state index in [1.54, 1.807) is 25.1 Å². The second-order valence-corrected chi connectivity index (χ2v) is 12.5. The van der Waals surface area contributed by atoms with E-state index in [-0.39, 0.29) is 35.8 Å². The summed E-state index contributed by atoms with van der Waals surface area (Å²) in [7, 11) is 7.30. The fraction of sp³-hybridized carbons (Fsp3) is 0.552. The summed E-state index contributed by atoms with van der Waals surface area (Å²) in [5.41, 5.74) is 4.40. The minimum atomic E-state index is -2.64. The maximum absolute atomic E-state index is 14.0. The molecule has 0 aromatic heterocycles. The van der Waals surface area contributed by atoms with Gasteiger partial charge in [0.2, 0.25) is 5.78 Å². The molecule has 7 atom stereocenters. The van der Waals surface area contributed by atoms with E-state index in [2.05, 4.69) is 23.8 Å². The zero-order valence-electron chi connectivity index (χ0n) is 23.3. The number of likely N-dealkylation sites (tertiary alicyclic amines) is 1. The van der Waals surface area contributed by atoms with Gasteiger partial charge in [0.25, 0.3) is 5.91 Å². The van der Waals surface area contributed by atoms with E-state index >= 15 is 0 Å². The van der Waals surface area contributed by atoms with Gasteiger partial charge >= 0.3 is 0 Å². The van der Waals surface area contributed by atoms with E-state index in [1.807, 2.05) is 7.05 Å². The van der Waals surface area contributed by atoms with E-state index in [0.717, 1.165) is 24.2 Å². The van der Waals surface area contributed by atoms with Crippen LogP contribution in [0.2, 0.25) is 0 Å². The first-order valence-electron chi connectivity index (χ1n) is 13.7. The predicted molar refractivity (Wildman–Crippen MR) is 145 cm³/mol. The molecule has 1 fully saturated rings. The van der Waals surface area contributed by atoms with Crippen molar-refractivity contribution in [2.24, 2.45) is 23.5 Å². The van der Waals surface area contributed by atoms with Crippen LogP contribution in [0.4, 0.5) is 5.69 Å². The molecule has 0 radical (unpaired) electrons. The van der Waals surface area contributed by atoms with Crippen LogP contribution < -0.4 is 10.6 Å². The number of anilines is 1. The first kappa shape index (κ1) is 26.8. The van der Waals surface area contributed by atoms with Gasteiger partial charge in [0, 0.05) is 42.9 Å². The number of allylic oxidation sites excluding steroid dienone is 1. The fourth-order valence-corrected chi connectivity index (χ4v) is 8.44. The zero-order chi connectivity index (χ0) is 29.2. The highest BCUT2D eigenvalue weighted by Gasteiger charge is 2.63. The number of Topliss-reactive ketones (excluding diaryl/α,β-unsaturated/α-hetero) is 2. The number of ketones is 2. The molecule has 6 N–H and O–H groups in total. The number of carbonyl (C=O) groups is 3. The van der Waals surface area contributed by atoms with Gasteiger partial charge in [-0.15, -0.1) is 0 Å². The number of hydrogen-bond acceptors (Lipinski definition) is 10. The molecule has 0 spiro atoms. The van der Waals surface area contributed by atoms with Gasteiger partial charge in [0.15, 0.2) is 11.4 Å². The second-order valence-electron chi connectivity index (χ2n) is 12.5. The molecule has 11 heteroatoms. The monoisotopic (exact) mass is 552 g/mol. The number of benzene rings is 1. The van der Waals surface area contributed by atoms with Gasteiger partial charge in [-0.05, 0) is 76.4 Å². The summed E-state index contributed by atoms with van der Waals surface area (Å²) >= 11 is 0. The number of aliphatic hydroxyl groups excluding tert-OH is 2. The maximum atomic E-state index is 14.0. The summed E-state index contributed by atoms with van der Waals surface area (Å²) in [4.78, 5) is 45.7. The molecule has 0 bridgehead atoms. The number of phenols is 1. The Bertz CT molecular complexity index is 1450. The number of aliphatic hydroxyl groups is 3. The topological polar surface area (TPSA) is 168 Å². The van der Waals surface area contributed by atoms with Crippen LogP contribution >= 0.6 is 0 Å². The molecule has 1 saturated heterocycles. The average molecular weight is 553 g/mol. The second kappa shape index (κ2) is 8.55. The molecular weight excluding hydrogens is 516 g/mol. The van der Waals surface area contributed by atoms with Gasteiger partial charge in [-0.25, -0.2) is 0 Å². The molecule has 6 rings (SSSR count). The molecule has 3 unspecified atom stereocenters. The first-order chi connectivity index (χ1) is 18.7. The van der Waals surface area contributed by atoms with Crippen molar-refractivity contribution in [1.82, 2.24) is 9.80 Å². The van der Waals surface area contributed by atoms with Crippen molar-refractivity contribution in [3.8, 4) is 5.75 Å². The lowest BCUT2D eigenvalue weighted by Gasteiger charge is -2.50. The number of nitrogens with two attached hydrogens (primary N) is 1. The number of amides is 1. The van der Waals surface area contributed by atoms with Crippen molar-refractivity contribution >= 4 is 23.2 Å². The Hall–Kier alpha value is -3.41. The Balaban J connectivity index is 1.54. The quantitative estimate of drug-likeness (QED) is 0.333. The molecule has 2 heterocycles. The first-order valence-corrected chi connectivity index (χ1v) is 13.7. The number of hydrogen-bond donors (Lipinski definition) is 5. The Morgan fingerprint density at radius 1 is 1.15 bits per heavy atom. The fourth-order valence-electron chi connectivity index (χ4n) is 8.44. The molecule has 11 nitrogen and oxygen atoms in total. The summed E-state index contributed by atoms with van der Waals surface area (Å²) in [5.74, 6) is -6.02. The van der Waals surface area contributed by atoms with Crippen molar-refractivity contribution in [1.29, 1.82) is 0 Å². The predicted octanol–water partition coefficient (Wildman–Crippen LogP) is 0.952. The van der Waals surface area contributed by atoms with Gasteiger partial charge in [-0.1, -0.05) is 0 Å². The molecule has 3 aliphatic carbocycles. The number of fused-ring (bicyclic) bond motifs is 7. The highest BCUT2D eigenvalue weighted by Crippen LogP contribution is 2.56. The van der Waals surface area contributed by atoms with Crippen molar-refractivity contribution in [3.05, 3.63) is 45.4 Å². The largest absolute Gasteiger partial charge is 0.510 e. The van der Waals surface area contributed by atoms with Crippen molar-refractivity contribution in [2.75, 3.05) is 39.6 Å². The number of rotatable bonds is 2. The highest BCUT2D eigenvalue weighted by molar-refractivity contribution is 6.25. The Morgan fingerprint density at radius 2 is 1.82 bits per heavy atom. The Morgan fingerprint density at radius 3 is 2.45 bits per heavy atom. The maximum Gasteiger partial charge on any atom is 0.255 e. The lowest BCUT2D eigenvalue weighted by atomic mass is 9.58. The van der Waals surface area contributed by atoms with E-state index in [1.165, 1.54) is 0 Å². The molecule has 1 aromatic carbocycles. The SMILES string of the molecule is CC1CC2CN(C)c3c(cc(O)c4c3C[C@@H]3C[C@@H]5[C@@H](N(C)C)C(O)=C(C(N)=O)C(=O)[C@@]5(O)C(O)=C3C4=O)C2N1C. The van der Waals surface area contributed by atoms with Crippen LogP contribution in [0.3, 0.4) is 0 Å². The molecule has 1 aromatic rings. The summed E-state index contributed by atoms with van der Waals surface area (Å²) in [6, 6.07) is 1.10. The van der Waals surface area contributed by atoms with Crippen molar-refractivity contribution in [3.63, 3.8) is 0 Å². The molecule has 40 heavy (non-hydrogen) atoms. The molecule has 2 aliphatic heterocycles. The highest BCUT2D eigenvalue weighted by atomic mass is 16.3. The Kier molecular flexibility index (Phi) is 5.72. The smallest absolute Gasteiger partial charge is 0.255 e. The van der Waals surface area contributed by atoms with Gasteiger partial charge in [0.05, 0.1) is 11.6 Å². The van der Waals surface area contributed by atoms with Gasteiger partial charge in [-0.3, -0.25) is 24.2 Å². The summed E-state index contributed by atoms with van der Waals surface area (Å²) < 4.78 is 0. The number of likely N-dealkylation sites (N-methyl/N-ethyl adjacent to an activating group) is 1. The molecular formula is C29H36N4O7. The van der Waals surface area contributed by atoms with Crippen LogP contribution in [0.5, 0.6) is 5.75 Å². The number of nitrogens with zero attached hydrogens (tertiary/aromatic N) is 3. The normalized spacial score (nSPS) is 35.4. The summed E-state index contributed by atoms with van der Waals surface area (Å²) in [6.45, 7) is 2.98. The van der Waals surface area contributed by atoms with Crippen molar-refractivity contribution < 1.29 is 34.8 Å². The van der Waals surface area contributed by atoms with Gasteiger partial charge in [-0.2, -0.15) is 0 Å². The van der Waals surface area contributed by atoms with Gasteiger partial charge in [0.1, 0.15) is 22.8 Å². The van der Waals surface area contributed by atoms with Crippen LogP contribution in [0.25, 0.3) is 0 Å². The summed E-state index contributed by atoms with van der Waals surface area (Å²) in [5, 5.41) is 45.5. The molecule has 214 valence electrons. The minimum absolute atomic E-state index is 0.0542. The van der Waals surface area contributed by atoms with Crippen LogP contribution in [-0.2, 0) is 16.0 Å². The number of primary amides is 1. The number of aromatic hydroxyl groups is 1. The molecule has 0 saturated carbocycles. The molecule has 5 aliphatic rings. The zero-order valence-corrected chi connectivity index (χ0v) is 23.3. The number of phenolic OH excluding ortho intramolecular Hbond substituents is 1. The van der Waals surface area contributed by atoms with Crippen LogP contribution in [-0.4, -0.2) is 100 Å². The Labute approximate surface area is 232 Å². The van der Waals surface area contributed by atoms with Crippen LogP contribution in [0.1, 0.15) is 47.3 Å². The van der Waals surface area contributed by atoms with E-state index in [0.29, 0.717) is 17.5 Å². The molecule has 1 amide bonds. The third kappa shape index (κ3) is 3.19. The van der Waals surface area contributed by atoms with E-state index in [4.69, 9.17) is 5.73 Å². The van der Waals surface area contributed by atoms with E-state index in [9.17, 15) is 34.8 Å². The minimum Gasteiger partial charge on any atom is -0.510 e. The number of carbonyl (C=O) groups excluding carboxylic acids is 3. The van der Waals surface area contributed by atoms with Gasteiger partial charge < -0.3 is 31.1 Å². The average Bonchev–Trinajstić information content (AvgIpc) is 3.13. The van der Waals surface area contributed by atoms with Crippen molar-refractivity contribution in [2.45, 2.75) is 49.9 Å². The standard InChI is InChI=1S/C29H36N4O7/c1-11-6-13-10-32(4)22-14-7-12-8-16-23(31(2)3)25(36)20(28(30)39)27(38)29(16,40)26(37)18(12)24(35)19(14)17(34)9-15(22)21(13)33(11)5/h9,11-13,16,21,23,34,36-37,40H,6-8,10H2,1-5H3,(H2,30,39)/t11?,12-,13?,16-,21?,23-,29+/m1/s1. The third-order valence-electron chi connectivity index (χ3n) is 10.2. The third-order valence-corrected chi connectivity index (χ3v) is 10.2. The van der Waals surface area contributed by atoms with Crippen LogP contribution in [0.15, 0.2) is 28.7 Å². The lowest BCUT2D eigenvalue weighted by Crippen LogP contribution is -2.63. The summed E-state index contributed by atoms with van der Waals surface area (Å²) in [6.07, 6.45) is 1.38. The van der Waals surface area contributed by atoms with Crippen LogP contribution in [0, 0.1) is 17.8 Å².